The molecule has 37 heavy (non-hydrogen) atoms. The number of rotatable bonds is 6. The molecule has 2 fully saturated rings. The Hall–Kier alpha value is -3.94. The molecule has 0 spiro atoms. The van der Waals surface area contributed by atoms with Gasteiger partial charge in [0.05, 0.1) is 48.0 Å². The van der Waals surface area contributed by atoms with Crippen molar-refractivity contribution in [2.24, 2.45) is 11.7 Å². The standard InChI is InChI=1S/C26H25ClN6O4/c27-21-9-16(12-28)1-2-17(21)10-23(24(29)34)33-15-30-22-4-3-19(11-20(22)26(33)36)31-5-7-32(8-6-31)25(35)18-13-37-14-18/h1-4,9,11,15,18,23H,5-8,10,13-14H2,(H2,29,34). The normalized spacial score (nSPS) is 16.8. The van der Waals surface area contributed by atoms with Gasteiger partial charge < -0.3 is 20.3 Å². The maximum absolute atomic E-state index is 13.5. The first kappa shape index (κ1) is 24.7. The number of anilines is 1. The Labute approximate surface area is 217 Å². The number of carbonyl (C=O) groups excluding carboxylic acids is 2. The van der Waals surface area contributed by atoms with E-state index in [0.29, 0.717) is 66.4 Å². The van der Waals surface area contributed by atoms with Gasteiger partial charge in [-0.2, -0.15) is 5.26 Å². The predicted molar refractivity (Wildman–Crippen MR) is 137 cm³/mol. The van der Waals surface area contributed by atoms with E-state index >= 15 is 0 Å². The lowest BCUT2D eigenvalue weighted by Gasteiger charge is -2.39. The summed E-state index contributed by atoms with van der Waals surface area (Å²) in [6, 6.07) is 11.2. The van der Waals surface area contributed by atoms with Crippen LogP contribution in [0.3, 0.4) is 0 Å². The number of hydrogen-bond donors (Lipinski definition) is 1. The summed E-state index contributed by atoms with van der Waals surface area (Å²) in [5, 5.41) is 9.74. The molecular weight excluding hydrogens is 496 g/mol. The first-order valence-corrected chi connectivity index (χ1v) is 12.3. The minimum absolute atomic E-state index is 0.0332. The maximum atomic E-state index is 13.5. The van der Waals surface area contributed by atoms with Gasteiger partial charge in [0.1, 0.15) is 6.04 Å². The van der Waals surface area contributed by atoms with Gasteiger partial charge in [0.25, 0.3) is 5.56 Å². The number of nitrogens with zero attached hydrogens (tertiary/aromatic N) is 5. The molecule has 3 aromatic rings. The highest BCUT2D eigenvalue weighted by Gasteiger charge is 2.32. The van der Waals surface area contributed by atoms with Crippen molar-refractivity contribution in [2.45, 2.75) is 12.5 Å². The van der Waals surface area contributed by atoms with E-state index < -0.39 is 11.9 Å². The molecule has 2 N–H and O–H groups in total. The first-order chi connectivity index (χ1) is 17.9. The van der Waals surface area contributed by atoms with E-state index in [1.807, 2.05) is 17.0 Å². The molecule has 2 saturated heterocycles. The molecule has 0 aliphatic carbocycles. The van der Waals surface area contributed by atoms with Crippen LogP contribution in [0.1, 0.15) is 17.2 Å². The highest BCUT2D eigenvalue weighted by Crippen LogP contribution is 2.25. The van der Waals surface area contributed by atoms with E-state index in [1.54, 1.807) is 24.3 Å². The Kier molecular flexibility index (Phi) is 6.82. The van der Waals surface area contributed by atoms with Crippen molar-refractivity contribution in [1.29, 1.82) is 5.26 Å². The topological polar surface area (TPSA) is 135 Å². The lowest BCUT2D eigenvalue weighted by molar-refractivity contribution is -0.150. The minimum atomic E-state index is -1.01. The molecule has 2 aliphatic heterocycles. The summed E-state index contributed by atoms with van der Waals surface area (Å²) in [5.74, 6) is -0.594. The summed E-state index contributed by atoms with van der Waals surface area (Å²) in [4.78, 5) is 46.8. The number of piperazine rings is 1. The molecule has 5 rings (SSSR count). The fourth-order valence-electron chi connectivity index (χ4n) is 4.69. The SMILES string of the molecule is N#Cc1ccc(CC(C(N)=O)n2cnc3ccc(N4CCN(C(=O)C5COC5)CC4)cc3c2=O)c(Cl)c1. The van der Waals surface area contributed by atoms with Crippen LogP contribution < -0.4 is 16.2 Å². The van der Waals surface area contributed by atoms with E-state index in [1.165, 1.54) is 17.0 Å². The van der Waals surface area contributed by atoms with Crippen LogP contribution in [-0.4, -0.2) is 65.7 Å². The van der Waals surface area contributed by atoms with Crippen molar-refractivity contribution in [2.75, 3.05) is 44.3 Å². The highest BCUT2D eigenvalue weighted by molar-refractivity contribution is 6.31. The van der Waals surface area contributed by atoms with Gasteiger partial charge in [0, 0.05) is 43.3 Å². The second-order valence-electron chi connectivity index (χ2n) is 9.25. The average Bonchev–Trinajstić information content (AvgIpc) is 2.87. The second-order valence-corrected chi connectivity index (χ2v) is 9.65. The van der Waals surface area contributed by atoms with E-state index in [0.717, 1.165) is 5.69 Å². The number of amides is 2. The number of ether oxygens (including phenoxy) is 1. The van der Waals surface area contributed by atoms with Crippen molar-refractivity contribution in [3.8, 4) is 6.07 Å². The number of nitriles is 1. The molecular formula is C26H25ClN6O4. The molecule has 11 heteroatoms. The smallest absolute Gasteiger partial charge is 0.262 e. The molecule has 0 saturated carbocycles. The number of fused-ring (bicyclic) bond motifs is 1. The fraction of sp³-hybridized carbons (Fsp3) is 0.346. The van der Waals surface area contributed by atoms with Crippen LogP contribution >= 0.6 is 11.6 Å². The Bertz CT molecular complexity index is 1470. The average molecular weight is 521 g/mol. The Morgan fingerprint density at radius 2 is 1.92 bits per heavy atom. The number of halogens is 1. The summed E-state index contributed by atoms with van der Waals surface area (Å²) < 4.78 is 6.37. The minimum Gasteiger partial charge on any atom is -0.380 e. The molecule has 1 unspecified atom stereocenters. The largest absolute Gasteiger partial charge is 0.380 e. The number of aromatic nitrogens is 2. The highest BCUT2D eigenvalue weighted by atomic mass is 35.5. The van der Waals surface area contributed by atoms with E-state index in [2.05, 4.69) is 9.88 Å². The number of hydrogen-bond acceptors (Lipinski definition) is 7. The summed E-state index contributed by atoms with van der Waals surface area (Å²) in [6.45, 7) is 3.46. The van der Waals surface area contributed by atoms with Crippen molar-refractivity contribution in [1.82, 2.24) is 14.5 Å². The molecule has 1 aromatic heterocycles. The Balaban J connectivity index is 1.39. The van der Waals surface area contributed by atoms with Crippen LogP contribution in [0, 0.1) is 17.2 Å². The van der Waals surface area contributed by atoms with Crippen molar-refractivity contribution in [3.63, 3.8) is 0 Å². The quantitative estimate of drug-likeness (QED) is 0.520. The molecule has 10 nitrogen and oxygen atoms in total. The fourth-order valence-corrected chi connectivity index (χ4v) is 4.95. The van der Waals surface area contributed by atoms with Crippen molar-refractivity contribution < 1.29 is 14.3 Å². The summed E-state index contributed by atoms with van der Waals surface area (Å²) >= 11 is 6.30. The number of carbonyl (C=O) groups is 2. The van der Waals surface area contributed by atoms with Gasteiger partial charge in [-0.25, -0.2) is 4.98 Å². The van der Waals surface area contributed by atoms with Gasteiger partial charge in [0.15, 0.2) is 0 Å². The molecule has 1 atom stereocenters. The van der Waals surface area contributed by atoms with Crippen LogP contribution in [-0.2, 0) is 20.7 Å². The van der Waals surface area contributed by atoms with Gasteiger partial charge in [-0.15, -0.1) is 0 Å². The van der Waals surface area contributed by atoms with Crippen molar-refractivity contribution >= 4 is 40.0 Å². The van der Waals surface area contributed by atoms with Crippen LogP contribution in [0.4, 0.5) is 5.69 Å². The van der Waals surface area contributed by atoms with E-state index in [9.17, 15) is 14.4 Å². The number of nitrogens with two attached hydrogens (primary N) is 1. The number of benzene rings is 2. The molecule has 2 aromatic carbocycles. The second kappa shape index (κ2) is 10.2. The maximum Gasteiger partial charge on any atom is 0.262 e. The van der Waals surface area contributed by atoms with Crippen LogP contribution in [0.2, 0.25) is 5.02 Å². The third-order valence-corrected chi connectivity index (χ3v) is 7.32. The predicted octanol–water partition coefficient (Wildman–Crippen LogP) is 1.49. The monoisotopic (exact) mass is 520 g/mol. The zero-order valence-electron chi connectivity index (χ0n) is 20.0. The van der Waals surface area contributed by atoms with Gasteiger partial charge in [0.2, 0.25) is 11.8 Å². The van der Waals surface area contributed by atoms with Gasteiger partial charge in [-0.3, -0.25) is 19.0 Å². The molecule has 2 amide bonds. The zero-order valence-corrected chi connectivity index (χ0v) is 20.7. The van der Waals surface area contributed by atoms with Gasteiger partial charge in [-0.05, 0) is 35.9 Å². The summed E-state index contributed by atoms with van der Waals surface area (Å²) in [7, 11) is 0. The summed E-state index contributed by atoms with van der Waals surface area (Å²) in [6.07, 6.45) is 1.40. The number of primary amides is 1. The lowest BCUT2D eigenvalue weighted by Crippen LogP contribution is -2.53. The van der Waals surface area contributed by atoms with E-state index in [4.69, 9.17) is 27.3 Å². The van der Waals surface area contributed by atoms with Gasteiger partial charge in [-0.1, -0.05) is 17.7 Å². The van der Waals surface area contributed by atoms with Gasteiger partial charge >= 0.3 is 0 Å². The van der Waals surface area contributed by atoms with Crippen molar-refractivity contribution in [3.05, 3.63) is 69.2 Å². The Morgan fingerprint density at radius 1 is 1.16 bits per heavy atom. The molecule has 0 radical (unpaired) electrons. The van der Waals surface area contributed by atoms with Crippen LogP contribution in [0.15, 0.2) is 47.5 Å². The van der Waals surface area contributed by atoms with Crippen LogP contribution in [0.25, 0.3) is 10.9 Å². The Morgan fingerprint density at radius 3 is 2.54 bits per heavy atom. The molecule has 190 valence electrons. The lowest BCUT2D eigenvalue weighted by atomic mass is 10.0. The third-order valence-electron chi connectivity index (χ3n) is 6.97. The first-order valence-electron chi connectivity index (χ1n) is 12.0. The zero-order chi connectivity index (χ0) is 26.1. The van der Waals surface area contributed by atoms with E-state index in [-0.39, 0.29) is 23.8 Å². The summed E-state index contributed by atoms with van der Waals surface area (Å²) in [5.41, 5.74) is 7.62. The molecule has 0 bridgehead atoms. The van der Waals surface area contributed by atoms with Crippen LogP contribution in [0.5, 0.6) is 0 Å². The third kappa shape index (κ3) is 4.88. The molecule has 3 heterocycles. The molecule has 2 aliphatic rings.